The first-order valence-corrected chi connectivity index (χ1v) is 21.4. The highest BCUT2D eigenvalue weighted by atomic mass is 14.5. The zero-order valence-corrected chi connectivity index (χ0v) is 33.2. The molecule has 0 heterocycles. The van der Waals surface area contributed by atoms with E-state index in [1.54, 1.807) is 22.3 Å². The van der Waals surface area contributed by atoms with Crippen molar-refractivity contribution in [1.29, 1.82) is 0 Å². The molecule has 0 saturated carbocycles. The molecular weight excluding hydrogens is 629 g/mol. The maximum atomic E-state index is 5.94. The first kappa shape index (κ1) is 41.2. The number of benzene rings is 4. The summed E-state index contributed by atoms with van der Waals surface area (Å²) >= 11 is 0. The number of unbranched alkanes of at least 4 members (excludes halogenated alkanes) is 15. The molecule has 0 bridgehead atoms. The van der Waals surface area contributed by atoms with Gasteiger partial charge < -0.3 is 11.5 Å². The van der Waals surface area contributed by atoms with Crippen LogP contribution in [0.25, 0.3) is 0 Å². The van der Waals surface area contributed by atoms with Crippen molar-refractivity contribution in [3.8, 4) is 0 Å². The Morgan fingerprint density at radius 2 is 0.596 bits per heavy atom. The molecule has 0 radical (unpaired) electrons. The van der Waals surface area contributed by atoms with Crippen molar-refractivity contribution in [3.63, 3.8) is 0 Å². The lowest BCUT2D eigenvalue weighted by molar-refractivity contribution is 0.587. The van der Waals surface area contributed by atoms with Crippen LogP contribution in [0.15, 0.2) is 84.9 Å². The molecule has 0 spiro atoms. The zero-order chi connectivity index (χ0) is 36.6. The Bertz CT molecular complexity index is 1400. The molecule has 0 amide bonds. The Morgan fingerprint density at radius 3 is 0.942 bits per heavy atom. The van der Waals surface area contributed by atoms with Crippen molar-refractivity contribution in [2.45, 2.75) is 168 Å². The van der Waals surface area contributed by atoms with Gasteiger partial charge >= 0.3 is 0 Å². The predicted molar refractivity (Wildman–Crippen MR) is 229 cm³/mol. The average Bonchev–Trinajstić information content (AvgIpc) is 3.15. The summed E-state index contributed by atoms with van der Waals surface area (Å²) < 4.78 is 0. The van der Waals surface area contributed by atoms with E-state index in [1.165, 1.54) is 164 Å². The first-order valence-electron chi connectivity index (χ1n) is 21.4. The van der Waals surface area contributed by atoms with Gasteiger partial charge in [0.1, 0.15) is 0 Å². The van der Waals surface area contributed by atoms with Gasteiger partial charge in [0.25, 0.3) is 0 Å². The van der Waals surface area contributed by atoms with Gasteiger partial charge in [0.05, 0.1) is 0 Å². The monoisotopic (exact) mass is 701 g/mol. The van der Waals surface area contributed by atoms with Crippen molar-refractivity contribution >= 4 is 11.4 Å². The molecule has 0 aliphatic carbocycles. The molecule has 0 aliphatic heterocycles. The highest BCUT2D eigenvalue weighted by molar-refractivity contribution is 5.43. The van der Waals surface area contributed by atoms with Gasteiger partial charge in [-0.25, -0.2) is 0 Å². The van der Waals surface area contributed by atoms with Crippen LogP contribution in [0.5, 0.6) is 0 Å². The SMILES string of the molecule is CCCCCCCCc1cc(Cc2ccc(N)cc2)ccc1CCCCCCCCc1ccc(Cc2ccc(N)cc2)cc1CCCCCCCC. The van der Waals surface area contributed by atoms with E-state index in [-0.39, 0.29) is 0 Å². The van der Waals surface area contributed by atoms with E-state index in [1.807, 2.05) is 24.3 Å². The van der Waals surface area contributed by atoms with E-state index < -0.39 is 0 Å². The van der Waals surface area contributed by atoms with Crippen LogP contribution in [0, 0.1) is 0 Å². The Morgan fingerprint density at radius 1 is 0.308 bits per heavy atom. The predicted octanol–water partition coefficient (Wildman–Crippen LogP) is 14.0. The second-order valence-corrected chi connectivity index (χ2v) is 15.7. The van der Waals surface area contributed by atoms with Crippen molar-refractivity contribution in [1.82, 2.24) is 0 Å². The summed E-state index contributed by atoms with van der Waals surface area (Å²) in [4.78, 5) is 0. The summed E-state index contributed by atoms with van der Waals surface area (Å²) in [6, 6.07) is 31.5. The first-order chi connectivity index (χ1) is 25.5. The Hall–Kier alpha value is -3.52. The van der Waals surface area contributed by atoms with Crippen LogP contribution in [0.4, 0.5) is 11.4 Å². The van der Waals surface area contributed by atoms with Crippen molar-refractivity contribution in [2.24, 2.45) is 0 Å². The number of hydrogen-bond acceptors (Lipinski definition) is 2. The maximum absolute atomic E-state index is 5.94. The van der Waals surface area contributed by atoms with E-state index in [4.69, 9.17) is 11.5 Å². The second kappa shape index (κ2) is 24.7. The summed E-state index contributed by atoms with van der Waals surface area (Å²) in [7, 11) is 0. The van der Waals surface area contributed by atoms with Crippen LogP contribution in [0.2, 0.25) is 0 Å². The standard InChI is InChI=1S/C50H72N2/c1-3-5-7-9-13-19-23-47-39-43(37-41-27-33-49(51)34-28-41)25-31-45(47)21-17-15-11-12-16-18-22-46-32-26-44(38-42-29-35-50(52)36-30-42)40-48(46)24-20-14-10-8-6-4-2/h25-36,39-40H,3-24,37-38,51-52H2,1-2H3. The molecule has 4 aromatic rings. The topological polar surface area (TPSA) is 52.0 Å². The summed E-state index contributed by atoms with van der Waals surface area (Å²) in [5.74, 6) is 0. The van der Waals surface area contributed by atoms with E-state index in [0.29, 0.717) is 0 Å². The van der Waals surface area contributed by atoms with Crippen LogP contribution in [-0.2, 0) is 38.5 Å². The fourth-order valence-electron chi connectivity index (χ4n) is 7.80. The quantitative estimate of drug-likeness (QED) is 0.0480. The van der Waals surface area contributed by atoms with Crippen molar-refractivity contribution in [3.05, 3.63) is 129 Å². The molecule has 0 aliphatic rings. The van der Waals surface area contributed by atoms with Gasteiger partial charge in [-0.05, 0) is 133 Å². The molecular formula is C50H72N2. The molecule has 2 nitrogen and oxygen atoms in total. The molecule has 4 N–H and O–H groups in total. The molecule has 0 saturated heterocycles. The van der Waals surface area contributed by atoms with Crippen LogP contribution in [0.1, 0.15) is 174 Å². The summed E-state index contributed by atoms with van der Waals surface area (Å²) in [6.07, 6.45) is 31.1. The summed E-state index contributed by atoms with van der Waals surface area (Å²) in [5, 5.41) is 0. The molecule has 4 rings (SSSR count). The fourth-order valence-corrected chi connectivity index (χ4v) is 7.80. The van der Waals surface area contributed by atoms with Gasteiger partial charge in [0.15, 0.2) is 0 Å². The minimum atomic E-state index is 0.840. The molecule has 4 aromatic carbocycles. The lowest BCUT2D eigenvalue weighted by Gasteiger charge is -2.14. The summed E-state index contributed by atoms with van der Waals surface area (Å²) in [6.45, 7) is 4.60. The van der Waals surface area contributed by atoms with Crippen molar-refractivity contribution in [2.75, 3.05) is 11.5 Å². The van der Waals surface area contributed by atoms with E-state index in [2.05, 4.69) is 74.5 Å². The van der Waals surface area contributed by atoms with Gasteiger partial charge in [-0.3, -0.25) is 0 Å². The van der Waals surface area contributed by atoms with Gasteiger partial charge in [0, 0.05) is 11.4 Å². The highest BCUT2D eigenvalue weighted by Crippen LogP contribution is 2.24. The molecule has 282 valence electrons. The molecule has 2 heteroatoms. The molecule has 0 atom stereocenters. The number of hydrogen-bond donors (Lipinski definition) is 2. The minimum absolute atomic E-state index is 0.840. The minimum Gasteiger partial charge on any atom is -0.399 e. The van der Waals surface area contributed by atoms with Gasteiger partial charge in [-0.15, -0.1) is 0 Å². The Balaban J connectivity index is 1.22. The third-order valence-corrected chi connectivity index (χ3v) is 11.1. The normalized spacial score (nSPS) is 11.3. The smallest absolute Gasteiger partial charge is 0.0314 e. The molecule has 0 fully saturated rings. The van der Waals surface area contributed by atoms with Gasteiger partial charge in [0.2, 0.25) is 0 Å². The van der Waals surface area contributed by atoms with Crippen LogP contribution in [-0.4, -0.2) is 0 Å². The number of nitrogen functional groups attached to an aromatic ring is 2. The van der Waals surface area contributed by atoms with Gasteiger partial charge in [-0.1, -0.05) is 164 Å². The molecule has 0 unspecified atom stereocenters. The lowest BCUT2D eigenvalue weighted by Crippen LogP contribution is -1.99. The number of aryl methyl sites for hydroxylation is 4. The maximum Gasteiger partial charge on any atom is 0.0314 e. The van der Waals surface area contributed by atoms with E-state index >= 15 is 0 Å². The average molecular weight is 701 g/mol. The fraction of sp³-hybridized carbons (Fsp3) is 0.520. The highest BCUT2D eigenvalue weighted by Gasteiger charge is 2.09. The van der Waals surface area contributed by atoms with Crippen molar-refractivity contribution < 1.29 is 0 Å². The van der Waals surface area contributed by atoms with Crippen LogP contribution < -0.4 is 11.5 Å². The zero-order valence-electron chi connectivity index (χ0n) is 33.2. The van der Waals surface area contributed by atoms with E-state index in [9.17, 15) is 0 Å². The molecule has 52 heavy (non-hydrogen) atoms. The Kier molecular flexibility index (Phi) is 19.6. The second-order valence-electron chi connectivity index (χ2n) is 15.7. The van der Waals surface area contributed by atoms with Crippen LogP contribution in [0.3, 0.4) is 0 Å². The third kappa shape index (κ3) is 16.0. The number of nitrogens with two attached hydrogens (primary N) is 2. The number of rotatable bonds is 27. The Labute approximate surface area is 319 Å². The summed E-state index contributed by atoms with van der Waals surface area (Å²) in [5.41, 5.74) is 25.5. The van der Waals surface area contributed by atoms with E-state index in [0.717, 1.165) is 24.2 Å². The molecule has 0 aromatic heterocycles. The van der Waals surface area contributed by atoms with Crippen LogP contribution >= 0.6 is 0 Å². The van der Waals surface area contributed by atoms with Gasteiger partial charge in [-0.2, -0.15) is 0 Å². The number of anilines is 2. The third-order valence-electron chi connectivity index (χ3n) is 11.1. The lowest BCUT2D eigenvalue weighted by atomic mass is 9.92. The largest absolute Gasteiger partial charge is 0.399 e.